The molecule has 2 aromatic rings. The molecule has 0 aliphatic heterocycles. The van der Waals surface area contributed by atoms with E-state index in [0.717, 1.165) is 23.4 Å². The van der Waals surface area contributed by atoms with Gasteiger partial charge in [-0.1, -0.05) is 37.8 Å². The lowest BCUT2D eigenvalue weighted by Gasteiger charge is -2.21. The molecule has 0 saturated heterocycles. The van der Waals surface area contributed by atoms with Gasteiger partial charge in [0.25, 0.3) is 0 Å². The van der Waals surface area contributed by atoms with Crippen molar-refractivity contribution in [1.29, 1.82) is 0 Å². The van der Waals surface area contributed by atoms with Crippen LogP contribution in [0.5, 0.6) is 0 Å². The van der Waals surface area contributed by atoms with Crippen LogP contribution in [0, 0.1) is 6.92 Å². The normalized spacial score (nSPS) is 12.2. The minimum atomic E-state index is -0.0259. The van der Waals surface area contributed by atoms with E-state index in [9.17, 15) is 0 Å². The van der Waals surface area contributed by atoms with E-state index in [0.29, 0.717) is 6.61 Å². The first-order valence-electron chi connectivity index (χ1n) is 7.06. The standard InChI is InChI=1S/C17H22N2O/c1-5-15-7-9-16(10-8-15)17(14(4)20-6-2)19-11-13(3)18-12-19/h7-12,17H,4-6H2,1-3H3. The fourth-order valence-electron chi connectivity index (χ4n) is 2.31. The number of aromatic nitrogens is 2. The summed E-state index contributed by atoms with van der Waals surface area (Å²) in [5.74, 6) is 0.745. The average Bonchev–Trinajstić information content (AvgIpc) is 2.86. The predicted octanol–water partition coefficient (Wildman–Crippen LogP) is 3.89. The summed E-state index contributed by atoms with van der Waals surface area (Å²) in [4.78, 5) is 4.31. The average molecular weight is 270 g/mol. The predicted molar refractivity (Wildman–Crippen MR) is 81.7 cm³/mol. The molecule has 0 spiro atoms. The van der Waals surface area contributed by atoms with E-state index in [1.165, 1.54) is 5.56 Å². The van der Waals surface area contributed by atoms with Crippen molar-refractivity contribution < 1.29 is 4.74 Å². The molecule has 0 radical (unpaired) electrons. The Labute approximate surface area is 120 Å². The summed E-state index contributed by atoms with van der Waals surface area (Å²) >= 11 is 0. The van der Waals surface area contributed by atoms with Gasteiger partial charge in [0, 0.05) is 6.20 Å². The van der Waals surface area contributed by atoms with Crippen molar-refractivity contribution in [1.82, 2.24) is 9.55 Å². The van der Waals surface area contributed by atoms with Crippen LogP contribution < -0.4 is 0 Å². The Balaban J connectivity index is 2.37. The molecule has 3 nitrogen and oxygen atoms in total. The molecule has 1 aromatic heterocycles. The van der Waals surface area contributed by atoms with Gasteiger partial charge in [-0.15, -0.1) is 0 Å². The van der Waals surface area contributed by atoms with Gasteiger partial charge >= 0.3 is 0 Å². The Bertz CT molecular complexity index is 569. The SMILES string of the molecule is C=C(OCC)C(c1ccc(CC)cc1)n1cnc(C)c1. The lowest BCUT2D eigenvalue weighted by molar-refractivity contribution is 0.203. The van der Waals surface area contributed by atoms with Crippen LogP contribution in [0.3, 0.4) is 0 Å². The molecule has 0 saturated carbocycles. The summed E-state index contributed by atoms with van der Waals surface area (Å²) in [6.07, 6.45) is 4.89. The van der Waals surface area contributed by atoms with Gasteiger partial charge in [0.15, 0.2) is 0 Å². The fraction of sp³-hybridized carbons (Fsp3) is 0.353. The number of nitrogens with zero attached hydrogens (tertiary/aromatic N) is 2. The number of benzene rings is 1. The first-order chi connectivity index (χ1) is 9.65. The number of allylic oxidation sites excluding steroid dienone is 1. The molecule has 1 atom stereocenters. The third-order valence-corrected chi connectivity index (χ3v) is 3.37. The second-order valence-electron chi connectivity index (χ2n) is 4.86. The van der Waals surface area contributed by atoms with E-state index in [-0.39, 0.29) is 6.04 Å². The molecule has 0 aliphatic carbocycles. The van der Waals surface area contributed by atoms with E-state index in [4.69, 9.17) is 4.74 Å². The van der Waals surface area contributed by atoms with Crippen LogP contribution >= 0.6 is 0 Å². The van der Waals surface area contributed by atoms with Gasteiger partial charge < -0.3 is 9.30 Å². The summed E-state index contributed by atoms with van der Waals surface area (Å²) in [6, 6.07) is 8.57. The minimum Gasteiger partial charge on any atom is -0.496 e. The lowest BCUT2D eigenvalue weighted by atomic mass is 10.0. The molecule has 0 amide bonds. The zero-order valence-corrected chi connectivity index (χ0v) is 12.5. The minimum absolute atomic E-state index is 0.0259. The van der Waals surface area contributed by atoms with Gasteiger partial charge in [-0.05, 0) is 31.4 Å². The highest BCUT2D eigenvalue weighted by Gasteiger charge is 2.18. The lowest BCUT2D eigenvalue weighted by Crippen LogP contribution is -2.13. The highest BCUT2D eigenvalue weighted by atomic mass is 16.5. The van der Waals surface area contributed by atoms with Crippen molar-refractivity contribution in [2.45, 2.75) is 33.2 Å². The summed E-state index contributed by atoms with van der Waals surface area (Å²) < 4.78 is 7.69. The molecule has 3 heteroatoms. The van der Waals surface area contributed by atoms with Gasteiger partial charge in [-0.25, -0.2) is 4.98 Å². The molecule has 0 fully saturated rings. The van der Waals surface area contributed by atoms with Crippen LogP contribution in [0.15, 0.2) is 49.1 Å². The molecule has 106 valence electrons. The van der Waals surface area contributed by atoms with Crippen LogP contribution in [-0.2, 0) is 11.2 Å². The third kappa shape index (κ3) is 3.10. The van der Waals surface area contributed by atoms with Gasteiger partial charge in [0.1, 0.15) is 11.8 Å². The number of aryl methyl sites for hydroxylation is 2. The number of hydrogen-bond donors (Lipinski definition) is 0. The highest BCUT2D eigenvalue weighted by molar-refractivity contribution is 5.30. The Kier molecular flexibility index (Phi) is 4.61. The van der Waals surface area contributed by atoms with Gasteiger partial charge in [0.2, 0.25) is 0 Å². The van der Waals surface area contributed by atoms with E-state index < -0.39 is 0 Å². The quantitative estimate of drug-likeness (QED) is 0.744. The van der Waals surface area contributed by atoms with Gasteiger partial charge in [0.05, 0.1) is 18.6 Å². The second kappa shape index (κ2) is 6.42. The maximum atomic E-state index is 5.64. The molecular weight excluding hydrogens is 248 g/mol. The Morgan fingerprint density at radius 3 is 2.50 bits per heavy atom. The zero-order valence-electron chi connectivity index (χ0n) is 12.5. The van der Waals surface area contributed by atoms with Crippen molar-refractivity contribution in [2.24, 2.45) is 0 Å². The van der Waals surface area contributed by atoms with E-state index in [1.54, 1.807) is 0 Å². The maximum Gasteiger partial charge on any atom is 0.116 e. The molecule has 0 aliphatic rings. The molecule has 0 N–H and O–H groups in total. The van der Waals surface area contributed by atoms with Crippen molar-refractivity contribution in [3.63, 3.8) is 0 Å². The highest BCUT2D eigenvalue weighted by Crippen LogP contribution is 2.26. The zero-order chi connectivity index (χ0) is 14.5. The summed E-state index contributed by atoms with van der Waals surface area (Å²) in [6.45, 7) is 10.8. The van der Waals surface area contributed by atoms with E-state index in [2.05, 4.69) is 42.8 Å². The van der Waals surface area contributed by atoms with Crippen molar-refractivity contribution in [3.8, 4) is 0 Å². The number of imidazole rings is 1. The van der Waals surface area contributed by atoms with Crippen molar-refractivity contribution in [3.05, 3.63) is 65.9 Å². The molecular formula is C17H22N2O. The first-order valence-corrected chi connectivity index (χ1v) is 7.06. The first kappa shape index (κ1) is 14.4. The number of ether oxygens (including phenoxy) is 1. The van der Waals surface area contributed by atoms with Crippen LogP contribution in [0.1, 0.15) is 36.7 Å². The monoisotopic (exact) mass is 270 g/mol. The Hall–Kier alpha value is -2.03. The fourth-order valence-corrected chi connectivity index (χ4v) is 2.31. The topological polar surface area (TPSA) is 27.1 Å². The molecule has 0 bridgehead atoms. The van der Waals surface area contributed by atoms with Gasteiger partial charge in [-0.3, -0.25) is 0 Å². The number of hydrogen-bond acceptors (Lipinski definition) is 2. The summed E-state index contributed by atoms with van der Waals surface area (Å²) in [5.41, 5.74) is 3.49. The molecule has 20 heavy (non-hydrogen) atoms. The largest absolute Gasteiger partial charge is 0.496 e. The Morgan fingerprint density at radius 1 is 1.30 bits per heavy atom. The van der Waals surface area contributed by atoms with Crippen LogP contribution in [0.25, 0.3) is 0 Å². The van der Waals surface area contributed by atoms with E-state index >= 15 is 0 Å². The summed E-state index contributed by atoms with van der Waals surface area (Å²) in [7, 11) is 0. The van der Waals surface area contributed by atoms with Crippen LogP contribution in [0.4, 0.5) is 0 Å². The van der Waals surface area contributed by atoms with Crippen molar-refractivity contribution >= 4 is 0 Å². The van der Waals surface area contributed by atoms with Crippen LogP contribution in [0.2, 0.25) is 0 Å². The molecule has 1 heterocycles. The van der Waals surface area contributed by atoms with Gasteiger partial charge in [-0.2, -0.15) is 0 Å². The molecule has 2 rings (SSSR count). The maximum absolute atomic E-state index is 5.64. The van der Waals surface area contributed by atoms with Crippen molar-refractivity contribution in [2.75, 3.05) is 6.61 Å². The second-order valence-corrected chi connectivity index (χ2v) is 4.86. The van der Waals surface area contributed by atoms with Crippen LogP contribution in [-0.4, -0.2) is 16.2 Å². The smallest absolute Gasteiger partial charge is 0.116 e. The van der Waals surface area contributed by atoms with E-state index in [1.807, 2.05) is 30.9 Å². The number of rotatable bonds is 6. The molecule has 1 unspecified atom stereocenters. The molecule has 1 aromatic carbocycles. The summed E-state index contributed by atoms with van der Waals surface area (Å²) in [5, 5.41) is 0. The third-order valence-electron chi connectivity index (χ3n) is 3.37. The Morgan fingerprint density at radius 2 is 2.00 bits per heavy atom.